The maximum atomic E-state index is 14.3. The molecule has 1 heterocycles. The minimum absolute atomic E-state index is 0.0160. The van der Waals surface area contributed by atoms with Gasteiger partial charge in [0.1, 0.15) is 11.6 Å². The van der Waals surface area contributed by atoms with Crippen molar-refractivity contribution in [2.45, 2.75) is 6.42 Å². The molecule has 6 nitrogen and oxygen atoms in total. The maximum Gasteiger partial charge on any atom is 0.244 e. The third-order valence-electron chi connectivity index (χ3n) is 4.57. The number of carbonyl (C=O) groups is 2. The number of hydrogen-bond acceptors (Lipinski definition) is 4. The molecule has 8 heteroatoms. The van der Waals surface area contributed by atoms with Crippen molar-refractivity contribution in [3.8, 4) is 11.5 Å². The predicted molar refractivity (Wildman–Crippen MR) is 116 cm³/mol. The Labute approximate surface area is 183 Å². The molecule has 0 saturated carbocycles. The van der Waals surface area contributed by atoms with Gasteiger partial charge in [0, 0.05) is 18.8 Å². The molecular weight excluding hydrogens is 416 g/mol. The average molecular weight is 437 g/mol. The van der Waals surface area contributed by atoms with E-state index in [4.69, 9.17) is 10.5 Å². The number of amides is 2. The van der Waals surface area contributed by atoms with E-state index in [9.17, 15) is 18.4 Å². The van der Waals surface area contributed by atoms with Crippen molar-refractivity contribution in [2.75, 3.05) is 6.54 Å². The van der Waals surface area contributed by atoms with Gasteiger partial charge in [-0.05, 0) is 60.0 Å². The van der Waals surface area contributed by atoms with Crippen LogP contribution in [-0.2, 0) is 16.0 Å². The van der Waals surface area contributed by atoms with E-state index < -0.39 is 23.5 Å². The van der Waals surface area contributed by atoms with Gasteiger partial charge < -0.3 is 15.8 Å². The number of rotatable bonds is 9. The quantitative estimate of drug-likeness (QED) is 0.500. The highest BCUT2D eigenvalue weighted by molar-refractivity contribution is 5.92. The molecule has 164 valence electrons. The fraction of sp³-hybridized carbons (Fsp3) is 0.125. The van der Waals surface area contributed by atoms with Crippen LogP contribution in [0.4, 0.5) is 8.78 Å². The van der Waals surface area contributed by atoms with Crippen molar-refractivity contribution in [2.24, 2.45) is 11.7 Å². The van der Waals surface area contributed by atoms with Crippen molar-refractivity contribution in [1.29, 1.82) is 0 Å². The summed E-state index contributed by atoms with van der Waals surface area (Å²) < 4.78 is 32.7. The zero-order chi connectivity index (χ0) is 22.9. The Balaban J connectivity index is 1.55. The van der Waals surface area contributed by atoms with Gasteiger partial charge in [0.05, 0.1) is 12.1 Å². The van der Waals surface area contributed by atoms with Gasteiger partial charge in [-0.3, -0.25) is 14.6 Å². The van der Waals surface area contributed by atoms with Crippen LogP contribution in [-0.4, -0.2) is 23.3 Å². The van der Waals surface area contributed by atoms with Crippen LogP contribution in [0.1, 0.15) is 11.1 Å². The highest BCUT2D eigenvalue weighted by Crippen LogP contribution is 2.24. The van der Waals surface area contributed by atoms with Crippen molar-refractivity contribution < 1.29 is 23.1 Å². The molecule has 0 saturated heterocycles. The van der Waals surface area contributed by atoms with Crippen LogP contribution in [0, 0.1) is 17.6 Å². The number of halogens is 2. The lowest BCUT2D eigenvalue weighted by Gasteiger charge is -2.13. The lowest BCUT2D eigenvalue weighted by Crippen LogP contribution is -2.36. The minimum atomic E-state index is -0.654. The summed E-state index contributed by atoms with van der Waals surface area (Å²) in [5.41, 5.74) is 6.59. The monoisotopic (exact) mass is 437 g/mol. The molecule has 3 aromatic rings. The highest BCUT2D eigenvalue weighted by atomic mass is 19.1. The summed E-state index contributed by atoms with van der Waals surface area (Å²) in [5.74, 6) is -2.24. The SMILES string of the molecule is NC(=O)C(CNC(=O)/C=C/c1ccc(Oc2cccnc2)c(F)c1)Cc1ccc(F)cc1. The maximum absolute atomic E-state index is 14.3. The zero-order valence-electron chi connectivity index (χ0n) is 17.0. The largest absolute Gasteiger partial charge is 0.453 e. The Bertz CT molecular complexity index is 1100. The van der Waals surface area contributed by atoms with E-state index in [1.807, 2.05) is 0 Å². The number of carbonyl (C=O) groups excluding carboxylic acids is 2. The van der Waals surface area contributed by atoms with E-state index in [1.165, 1.54) is 42.6 Å². The van der Waals surface area contributed by atoms with Crippen LogP contribution in [0.3, 0.4) is 0 Å². The normalized spacial score (nSPS) is 11.8. The van der Waals surface area contributed by atoms with E-state index >= 15 is 0 Å². The molecule has 2 aromatic carbocycles. The lowest BCUT2D eigenvalue weighted by molar-refractivity contribution is -0.122. The average Bonchev–Trinajstić information content (AvgIpc) is 2.78. The summed E-state index contributed by atoms with van der Waals surface area (Å²) in [6.07, 6.45) is 5.98. The number of hydrogen-bond donors (Lipinski definition) is 2. The molecular formula is C24H21F2N3O3. The number of primary amides is 1. The standard InChI is InChI=1S/C24H21F2N3O3/c25-19-7-3-16(4-8-19)12-18(24(27)31)14-29-23(30)10-6-17-5-9-22(21(26)13-17)32-20-2-1-11-28-15-20/h1-11,13,15,18H,12,14H2,(H2,27,31)(H,29,30)/b10-6+. The number of nitrogens with zero attached hydrogens (tertiary/aromatic N) is 1. The molecule has 0 spiro atoms. The third-order valence-corrected chi connectivity index (χ3v) is 4.57. The second kappa shape index (κ2) is 10.8. The minimum Gasteiger partial charge on any atom is -0.453 e. The van der Waals surface area contributed by atoms with Crippen LogP contribution >= 0.6 is 0 Å². The van der Waals surface area contributed by atoms with Crippen LogP contribution in [0.2, 0.25) is 0 Å². The van der Waals surface area contributed by atoms with Crippen molar-refractivity contribution >= 4 is 17.9 Å². The molecule has 1 unspecified atom stereocenters. The Kier molecular flexibility index (Phi) is 7.64. The molecule has 3 N–H and O–H groups in total. The molecule has 32 heavy (non-hydrogen) atoms. The molecule has 1 atom stereocenters. The van der Waals surface area contributed by atoms with Crippen LogP contribution in [0.25, 0.3) is 6.08 Å². The highest BCUT2D eigenvalue weighted by Gasteiger charge is 2.17. The van der Waals surface area contributed by atoms with Crippen molar-refractivity contribution in [3.05, 3.63) is 95.8 Å². The lowest BCUT2D eigenvalue weighted by atomic mass is 9.98. The first kappa shape index (κ1) is 22.6. The zero-order valence-corrected chi connectivity index (χ0v) is 17.0. The van der Waals surface area contributed by atoms with E-state index in [0.717, 1.165) is 5.56 Å². The topological polar surface area (TPSA) is 94.3 Å². The van der Waals surface area contributed by atoms with Crippen LogP contribution < -0.4 is 15.8 Å². The van der Waals surface area contributed by atoms with E-state index in [2.05, 4.69) is 10.3 Å². The number of pyridine rings is 1. The molecule has 0 radical (unpaired) electrons. The molecule has 2 amide bonds. The Hall–Kier alpha value is -4.07. The number of benzene rings is 2. The molecule has 0 bridgehead atoms. The summed E-state index contributed by atoms with van der Waals surface area (Å²) >= 11 is 0. The van der Waals surface area contributed by atoms with Crippen LogP contribution in [0.15, 0.2) is 73.1 Å². The molecule has 0 fully saturated rings. The first-order chi connectivity index (χ1) is 15.4. The smallest absolute Gasteiger partial charge is 0.244 e. The van der Waals surface area contributed by atoms with Crippen molar-refractivity contribution in [3.63, 3.8) is 0 Å². The molecule has 0 aliphatic carbocycles. The molecule has 1 aromatic heterocycles. The fourth-order valence-electron chi connectivity index (χ4n) is 2.87. The van der Waals surface area contributed by atoms with Gasteiger partial charge in [0.15, 0.2) is 11.6 Å². The van der Waals surface area contributed by atoms with Gasteiger partial charge in [0.25, 0.3) is 0 Å². The van der Waals surface area contributed by atoms with Crippen molar-refractivity contribution in [1.82, 2.24) is 10.3 Å². The van der Waals surface area contributed by atoms with Gasteiger partial charge in [-0.15, -0.1) is 0 Å². The number of nitrogens with two attached hydrogens (primary N) is 1. The second-order valence-electron chi connectivity index (χ2n) is 6.99. The Morgan fingerprint density at radius 2 is 1.91 bits per heavy atom. The summed E-state index contributed by atoms with van der Waals surface area (Å²) in [4.78, 5) is 27.7. The summed E-state index contributed by atoms with van der Waals surface area (Å²) in [6, 6.07) is 13.3. The Morgan fingerprint density at radius 1 is 1.12 bits per heavy atom. The van der Waals surface area contributed by atoms with Gasteiger partial charge in [-0.2, -0.15) is 0 Å². The Morgan fingerprint density at radius 3 is 2.56 bits per heavy atom. The second-order valence-corrected chi connectivity index (χ2v) is 6.99. The molecule has 3 rings (SSSR count). The number of aromatic nitrogens is 1. The van der Waals surface area contributed by atoms with E-state index in [1.54, 1.807) is 36.5 Å². The fourth-order valence-corrected chi connectivity index (χ4v) is 2.87. The predicted octanol–water partition coefficient (Wildman–Crippen LogP) is 3.63. The number of ether oxygens (including phenoxy) is 1. The first-order valence-corrected chi connectivity index (χ1v) is 9.78. The molecule has 0 aliphatic heterocycles. The van der Waals surface area contributed by atoms with Gasteiger partial charge in [-0.25, -0.2) is 8.78 Å². The number of nitrogens with one attached hydrogen (secondary N) is 1. The van der Waals surface area contributed by atoms with E-state index in [-0.39, 0.29) is 24.5 Å². The van der Waals surface area contributed by atoms with Crippen LogP contribution in [0.5, 0.6) is 11.5 Å². The first-order valence-electron chi connectivity index (χ1n) is 9.78. The summed E-state index contributed by atoms with van der Waals surface area (Å²) in [6.45, 7) is 0.0160. The third kappa shape index (κ3) is 6.73. The van der Waals surface area contributed by atoms with Gasteiger partial charge in [0.2, 0.25) is 11.8 Å². The molecule has 0 aliphatic rings. The van der Waals surface area contributed by atoms with Gasteiger partial charge >= 0.3 is 0 Å². The summed E-state index contributed by atoms with van der Waals surface area (Å²) in [7, 11) is 0. The van der Waals surface area contributed by atoms with Gasteiger partial charge in [-0.1, -0.05) is 18.2 Å². The summed E-state index contributed by atoms with van der Waals surface area (Å²) in [5, 5.41) is 2.60. The van der Waals surface area contributed by atoms with E-state index in [0.29, 0.717) is 11.3 Å².